The summed E-state index contributed by atoms with van der Waals surface area (Å²) >= 11 is 0. The second kappa shape index (κ2) is 7.19. The van der Waals surface area contributed by atoms with Crippen molar-refractivity contribution in [3.63, 3.8) is 0 Å². The van der Waals surface area contributed by atoms with Crippen LogP contribution in [0.15, 0.2) is 6.33 Å². The van der Waals surface area contributed by atoms with Crippen molar-refractivity contribution < 1.29 is 9.66 Å². The molecule has 2 atom stereocenters. The Morgan fingerprint density at radius 1 is 1.48 bits per heavy atom. The molecule has 0 bridgehead atoms. The zero-order chi connectivity index (χ0) is 15.2. The summed E-state index contributed by atoms with van der Waals surface area (Å²) < 4.78 is 4.92. The van der Waals surface area contributed by atoms with E-state index in [0.717, 1.165) is 12.3 Å². The highest BCUT2D eigenvalue weighted by molar-refractivity contribution is 5.60. The fourth-order valence-corrected chi connectivity index (χ4v) is 3.02. The zero-order valence-corrected chi connectivity index (χ0v) is 12.5. The van der Waals surface area contributed by atoms with Gasteiger partial charge in [0.25, 0.3) is 5.88 Å². The third kappa shape index (κ3) is 4.03. The van der Waals surface area contributed by atoms with E-state index in [2.05, 4.69) is 22.2 Å². The summed E-state index contributed by atoms with van der Waals surface area (Å²) in [5, 5.41) is 14.2. The lowest BCUT2D eigenvalue weighted by Gasteiger charge is -2.26. The fraction of sp³-hybridized carbons (Fsp3) is 0.714. The molecule has 21 heavy (non-hydrogen) atoms. The predicted molar refractivity (Wildman–Crippen MR) is 79.5 cm³/mol. The highest BCUT2D eigenvalue weighted by atomic mass is 16.6. The van der Waals surface area contributed by atoms with Crippen molar-refractivity contribution >= 4 is 11.5 Å². The molecule has 116 valence electrons. The third-order valence-electron chi connectivity index (χ3n) is 4.05. The second-order valence-electron chi connectivity index (χ2n) is 5.69. The Morgan fingerprint density at radius 2 is 2.29 bits per heavy atom. The van der Waals surface area contributed by atoms with Crippen molar-refractivity contribution in [1.82, 2.24) is 9.97 Å². The third-order valence-corrected chi connectivity index (χ3v) is 4.05. The first kappa shape index (κ1) is 15.5. The first-order valence-electron chi connectivity index (χ1n) is 7.39. The van der Waals surface area contributed by atoms with E-state index in [0.29, 0.717) is 12.5 Å². The van der Waals surface area contributed by atoms with E-state index >= 15 is 0 Å². The molecule has 1 saturated carbocycles. The molecule has 7 heteroatoms. The number of nitrogens with zero attached hydrogens (tertiary/aromatic N) is 3. The summed E-state index contributed by atoms with van der Waals surface area (Å²) in [6.07, 6.45) is 7.38. The number of ether oxygens (including phenoxy) is 1. The Kier molecular flexibility index (Phi) is 5.30. The molecule has 0 saturated heterocycles. The highest BCUT2D eigenvalue weighted by Crippen LogP contribution is 2.32. The average molecular weight is 294 g/mol. The Morgan fingerprint density at radius 3 is 2.95 bits per heavy atom. The van der Waals surface area contributed by atoms with Gasteiger partial charge in [0.15, 0.2) is 0 Å². The number of nitro groups is 1. The van der Waals surface area contributed by atoms with Crippen LogP contribution >= 0.6 is 0 Å². The summed E-state index contributed by atoms with van der Waals surface area (Å²) in [6, 6.07) is 0. The minimum absolute atomic E-state index is 0.0104. The number of methoxy groups -OCH3 is 1. The van der Waals surface area contributed by atoms with Crippen molar-refractivity contribution in [3.8, 4) is 5.88 Å². The topological polar surface area (TPSA) is 90.2 Å². The van der Waals surface area contributed by atoms with Crippen molar-refractivity contribution in [3.05, 3.63) is 16.4 Å². The number of nitrogens with one attached hydrogen (secondary N) is 1. The minimum atomic E-state index is -0.510. The van der Waals surface area contributed by atoms with Gasteiger partial charge in [0.05, 0.1) is 12.0 Å². The fourth-order valence-electron chi connectivity index (χ4n) is 3.02. The predicted octanol–water partition coefficient (Wildman–Crippen LogP) is 3.02. The molecule has 1 aromatic heterocycles. The Hall–Kier alpha value is -1.92. The monoisotopic (exact) mass is 294 g/mol. The number of hydrogen-bond donors (Lipinski definition) is 1. The van der Waals surface area contributed by atoms with E-state index in [1.165, 1.54) is 39.1 Å². The maximum Gasteiger partial charge on any atom is 0.372 e. The van der Waals surface area contributed by atoms with Crippen molar-refractivity contribution in [1.29, 1.82) is 0 Å². The Bertz CT molecular complexity index is 495. The molecule has 0 amide bonds. The van der Waals surface area contributed by atoms with Gasteiger partial charge in [-0.15, -0.1) is 0 Å². The first-order chi connectivity index (χ1) is 10.1. The number of hydrogen-bond acceptors (Lipinski definition) is 6. The van der Waals surface area contributed by atoms with E-state index < -0.39 is 4.92 Å². The molecule has 0 aromatic carbocycles. The maximum atomic E-state index is 11.1. The van der Waals surface area contributed by atoms with Gasteiger partial charge < -0.3 is 10.1 Å². The molecule has 1 N–H and O–H groups in total. The van der Waals surface area contributed by atoms with Gasteiger partial charge in [-0.3, -0.25) is 10.1 Å². The van der Waals surface area contributed by atoms with Crippen molar-refractivity contribution in [2.45, 2.75) is 39.0 Å². The lowest BCUT2D eigenvalue weighted by Crippen LogP contribution is -2.17. The van der Waals surface area contributed by atoms with E-state index in [4.69, 9.17) is 4.74 Å². The van der Waals surface area contributed by atoms with E-state index in [9.17, 15) is 10.1 Å². The smallest absolute Gasteiger partial charge is 0.372 e. The van der Waals surface area contributed by atoms with Crippen LogP contribution in [0.2, 0.25) is 0 Å². The lowest BCUT2D eigenvalue weighted by molar-refractivity contribution is -0.385. The molecule has 0 spiro atoms. The van der Waals surface area contributed by atoms with E-state index in [-0.39, 0.29) is 17.4 Å². The second-order valence-corrected chi connectivity index (χ2v) is 5.69. The summed E-state index contributed by atoms with van der Waals surface area (Å²) in [5.74, 6) is 1.71. The molecule has 0 radical (unpaired) electrons. The molecule has 1 heterocycles. The van der Waals surface area contributed by atoms with E-state index in [1.54, 1.807) is 0 Å². The van der Waals surface area contributed by atoms with Crippen LogP contribution in [0.4, 0.5) is 11.5 Å². The molecule has 2 unspecified atom stereocenters. The highest BCUT2D eigenvalue weighted by Gasteiger charge is 2.24. The molecule has 1 aliphatic rings. The van der Waals surface area contributed by atoms with E-state index in [1.807, 2.05) is 0 Å². The van der Waals surface area contributed by atoms with Gasteiger partial charge in [-0.25, -0.2) is 4.98 Å². The average Bonchev–Trinajstić information content (AvgIpc) is 2.46. The van der Waals surface area contributed by atoms with Gasteiger partial charge in [0.2, 0.25) is 5.82 Å². The maximum absolute atomic E-state index is 11.1. The molecule has 0 aliphatic heterocycles. The number of rotatable bonds is 6. The Labute approximate surface area is 124 Å². The summed E-state index contributed by atoms with van der Waals surface area (Å²) in [7, 11) is 1.36. The van der Waals surface area contributed by atoms with Crippen LogP contribution in [0.1, 0.15) is 39.0 Å². The molecular weight excluding hydrogens is 272 g/mol. The van der Waals surface area contributed by atoms with Gasteiger partial charge in [0.1, 0.15) is 6.33 Å². The van der Waals surface area contributed by atoms with Gasteiger partial charge in [0, 0.05) is 6.54 Å². The molecular formula is C14H22N4O3. The van der Waals surface area contributed by atoms with Crippen LogP contribution in [0.5, 0.6) is 5.88 Å². The summed E-state index contributed by atoms with van der Waals surface area (Å²) in [5.41, 5.74) is -0.197. The lowest BCUT2D eigenvalue weighted by atomic mass is 9.81. The molecule has 1 fully saturated rings. The van der Waals surface area contributed by atoms with Crippen LogP contribution < -0.4 is 10.1 Å². The van der Waals surface area contributed by atoms with Crippen LogP contribution in [-0.4, -0.2) is 28.5 Å². The first-order valence-corrected chi connectivity index (χ1v) is 7.39. The Balaban J connectivity index is 1.95. The normalized spacial score (nSPS) is 21.8. The molecule has 1 aliphatic carbocycles. The standard InChI is InChI=1S/C14H22N4O3/c1-10-4-3-5-11(8-10)6-7-15-13-12(18(19)20)14(21-2)17-9-16-13/h9-11H,3-8H2,1-2H3,(H,15,16,17). The largest absolute Gasteiger partial charge is 0.476 e. The summed E-state index contributed by atoms with van der Waals surface area (Å²) in [4.78, 5) is 18.3. The SMILES string of the molecule is COc1ncnc(NCCC2CCCC(C)C2)c1[N+](=O)[O-]. The van der Waals surface area contributed by atoms with Gasteiger partial charge in [-0.2, -0.15) is 4.98 Å². The van der Waals surface area contributed by atoms with Crippen LogP contribution in [-0.2, 0) is 0 Å². The van der Waals surface area contributed by atoms with Crippen LogP contribution in [0.3, 0.4) is 0 Å². The van der Waals surface area contributed by atoms with Gasteiger partial charge >= 0.3 is 5.69 Å². The molecule has 7 nitrogen and oxygen atoms in total. The molecule has 2 rings (SSSR count). The van der Waals surface area contributed by atoms with Gasteiger partial charge in [-0.05, 0) is 24.7 Å². The van der Waals surface area contributed by atoms with Gasteiger partial charge in [-0.1, -0.05) is 26.2 Å². The van der Waals surface area contributed by atoms with Crippen molar-refractivity contribution in [2.75, 3.05) is 19.0 Å². The quantitative estimate of drug-likeness (QED) is 0.640. The number of anilines is 1. The number of aromatic nitrogens is 2. The van der Waals surface area contributed by atoms with Crippen LogP contribution in [0, 0.1) is 22.0 Å². The molecule has 1 aromatic rings. The summed E-state index contributed by atoms with van der Waals surface area (Å²) in [6.45, 7) is 2.97. The minimum Gasteiger partial charge on any atom is -0.476 e. The van der Waals surface area contributed by atoms with Crippen molar-refractivity contribution in [2.24, 2.45) is 11.8 Å². The van der Waals surface area contributed by atoms with Crippen LogP contribution in [0.25, 0.3) is 0 Å². The zero-order valence-electron chi connectivity index (χ0n) is 12.5.